The van der Waals surface area contributed by atoms with E-state index in [0.717, 1.165) is 12.1 Å². The number of pyridine rings is 1. The van der Waals surface area contributed by atoms with Crippen molar-refractivity contribution in [2.75, 3.05) is 0 Å². The first-order chi connectivity index (χ1) is 10.9. The van der Waals surface area contributed by atoms with E-state index < -0.39 is 23.0 Å². The van der Waals surface area contributed by atoms with Crippen LogP contribution in [0.3, 0.4) is 0 Å². The fraction of sp³-hybridized carbons (Fsp3) is 0.0667. The van der Waals surface area contributed by atoms with Crippen molar-refractivity contribution in [3.05, 3.63) is 70.0 Å². The number of amidine groups is 1. The van der Waals surface area contributed by atoms with Crippen LogP contribution in [0.2, 0.25) is 5.02 Å². The van der Waals surface area contributed by atoms with Gasteiger partial charge in [0.05, 0.1) is 10.5 Å². The summed E-state index contributed by atoms with van der Waals surface area (Å²) < 4.78 is 42.5. The quantitative estimate of drug-likeness (QED) is 0.437. The Kier molecular flexibility index (Phi) is 3.73. The molecule has 0 aliphatic rings. The zero-order valence-electron chi connectivity index (χ0n) is 11.6. The lowest BCUT2D eigenvalue weighted by molar-refractivity contribution is 0.481. The van der Waals surface area contributed by atoms with Crippen LogP contribution < -0.4 is 5.73 Å². The fourth-order valence-electron chi connectivity index (χ4n) is 2.33. The van der Waals surface area contributed by atoms with Crippen LogP contribution in [0.25, 0.3) is 5.52 Å². The lowest BCUT2D eigenvalue weighted by atomic mass is 10.1. The molecular formula is C15H10ClF3N4. The molecule has 0 saturated carbocycles. The Morgan fingerprint density at radius 3 is 2.57 bits per heavy atom. The van der Waals surface area contributed by atoms with Crippen LogP contribution in [0.1, 0.15) is 17.1 Å². The predicted octanol–water partition coefficient (Wildman–Crippen LogP) is 3.28. The number of halogens is 4. The molecule has 3 rings (SSSR count). The number of hydrogen-bond donors (Lipinski definition) is 2. The second-order valence-electron chi connectivity index (χ2n) is 4.89. The van der Waals surface area contributed by atoms with Crippen LogP contribution in [0.4, 0.5) is 13.2 Å². The molecule has 0 radical (unpaired) electrons. The minimum absolute atomic E-state index is 0.161. The molecule has 0 amide bonds. The molecule has 0 fully saturated rings. The third-order valence-electron chi connectivity index (χ3n) is 3.40. The highest BCUT2D eigenvalue weighted by Crippen LogP contribution is 2.22. The molecular weight excluding hydrogens is 329 g/mol. The van der Waals surface area contributed by atoms with Gasteiger partial charge in [-0.3, -0.25) is 5.41 Å². The van der Waals surface area contributed by atoms with E-state index in [9.17, 15) is 13.2 Å². The largest absolute Gasteiger partial charge is 0.382 e. The van der Waals surface area contributed by atoms with E-state index in [2.05, 4.69) is 4.98 Å². The van der Waals surface area contributed by atoms with Crippen molar-refractivity contribution in [1.29, 1.82) is 5.41 Å². The minimum Gasteiger partial charge on any atom is -0.382 e. The summed E-state index contributed by atoms with van der Waals surface area (Å²) in [6.45, 7) is 0. The van der Waals surface area contributed by atoms with Crippen molar-refractivity contribution in [1.82, 2.24) is 9.38 Å². The van der Waals surface area contributed by atoms with Gasteiger partial charge < -0.3 is 10.1 Å². The Bertz CT molecular complexity index is 936. The maximum Gasteiger partial charge on any atom is 0.165 e. The lowest BCUT2D eigenvalue weighted by Crippen LogP contribution is -2.12. The molecule has 118 valence electrons. The van der Waals surface area contributed by atoms with E-state index >= 15 is 0 Å². The monoisotopic (exact) mass is 338 g/mol. The number of nitrogen functional groups attached to an aromatic ring is 1. The molecule has 0 atom stereocenters. The Balaban J connectivity index is 2.20. The van der Waals surface area contributed by atoms with Crippen LogP contribution in [0.15, 0.2) is 30.5 Å². The molecule has 3 N–H and O–H groups in total. The summed E-state index contributed by atoms with van der Waals surface area (Å²) in [5.41, 5.74) is 5.65. The van der Waals surface area contributed by atoms with E-state index in [1.807, 2.05) is 0 Å². The van der Waals surface area contributed by atoms with Crippen molar-refractivity contribution < 1.29 is 13.2 Å². The second-order valence-corrected chi connectivity index (χ2v) is 5.33. The van der Waals surface area contributed by atoms with E-state index in [1.54, 1.807) is 12.1 Å². The summed E-state index contributed by atoms with van der Waals surface area (Å²) in [6, 6.07) is 4.74. The topological polar surface area (TPSA) is 67.2 Å². The zero-order chi connectivity index (χ0) is 16.7. The first kappa shape index (κ1) is 15.4. The number of imidazole rings is 1. The van der Waals surface area contributed by atoms with E-state index in [1.165, 1.54) is 10.6 Å². The van der Waals surface area contributed by atoms with Gasteiger partial charge in [0.2, 0.25) is 0 Å². The van der Waals surface area contributed by atoms with Crippen LogP contribution in [-0.4, -0.2) is 15.2 Å². The van der Waals surface area contributed by atoms with Crippen molar-refractivity contribution in [3.8, 4) is 0 Å². The summed E-state index contributed by atoms with van der Waals surface area (Å²) in [5, 5.41) is 7.91. The third kappa shape index (κ3) is 2.63. The molecule has 2 heterocycles. The van der Waals surface area contributed by atoms with Gasteiger partial charge >= 0.3 is 0 Å². The molecule has 4 nitrogen and oxygen atoms in total. The summed E-state index contributed by atoms with van der Waals surface area (Å²) in [5.74, 6) is -3.40. The zero-order valence-corrected chi connectivity index (χ0v) is 12.3. The fourth-order valence-corrected chi connectivity index (χ4v) is 2.49. The van der Waals surface area contributed by atoms with E-state index in [4.69, 9.17) is 22.7 Å². The van der Waals surface area contributed by atoms with Crippen LogP contribution >= 0.6 is 11.6 Å². The van der Waals surface area contributed by atoms with Gasteiger partial charge in [-0.25, -0.2) is 18.2 Å². The number of nitrogens with two attached hydrogens (primary N) is 1. The Morgan fingerprint density at radius 1 is 1.17 bits per heavy atom. The Labute approximate surface area is 133 Å². The number of fused-ring (bicyclic) bond motifs is 1. The van der Waals surface area contributed by atoms with Crippen molar-refractivity contribution in [2.45, 2.75) is 6.42 Å². The van der Waals surface area contributed by atoms with Gasteiger partial charge in [-0.1, -0.05) is 11.6 Å². The van der Waals surface area contributed by atoms with Gasteiger partial charge in [0.1, 0.15) is 23.2 Å². The average Bonchev–Trinajstić information content (AvgIpc) is 2.86. The number of hydrogen-bond acceptors (Lipinski definition) is 2. The molecule has 1 aromatic carbocycles. The second kappa shape index (κ2) is 5.58. The molecule has 2 aromatic heterocycles. The highest BCUT2D eigenvalue weighted by Gasteiger charge is 2.19. The summed E-state index contributed by atoms with van der Waals surface area (Å²) in [4.78, 5) is 4.14. The highest BCUT2D eigenvalue weighted by molar-refractivity contribution is 6.30. The van der Waals surface area contributed by atoms with Crippen LogP contribution in [-0.2, 0) is 6.42 Å². The first-order valence-corrected chi connectivity index (χ1v) is 6.89. The molecule has 0 bridgehead atoms. The highest BCUT2D eigenvalue weighted by atomic mass is 35.5. The Hall–Kier alpha value is -2.54. The van der Waals surface area contributed by atoms with E-state index in [-0.39, 0.29) is 23.8 Å². The average molecular weight is 339 g/mol. The maximum absolute atomic E-state index is 13.8. The summed E-state index contributed by atoms with van der Waals surface area (Å²) >= 11 is 5.93. The molecule has 3 aromatic rings. The number of aromatic nitrogens is 2. The molecule has 23 heavy (non-hydrogen) atoms. The normalized spacial score (nSPS) is 11.1. The number of rotatable bonds is 3. The van der Waals surface area contributed by atoms with Crippen LogP contribution in [0.5, 0.6) is 0 Å². The van der Waals surface area contributed by atoms with Gasteiger partial charge in [-0.05, 0) is 24.3 Å². The maximum atomic E-state index is 13.8. The van der Waals surface area contributed by atoms with Gasteiger partial charge in [-0.15, -0.1) is 0 Å². The minimum atomic E-state index is -1.27. The van der Waals surface area contributed by atoms with Gasteiger partial charge in [0, 0.05) is 18.2 Å². The van der Waals surface area contributed by atoms with Gasteiger partial charge in [0.25, 0.3) is 0 Å². The standard InChI is InChI=1S/C15H10ClF3N4/c16-7-1-4-11-14(15(20)21)22-12(23(11)6-7)5-8-9(17)2-3-10(18)13(8)19/h1-4,6H,5H2,(H3,20,21). The molecule has 0 aliphatic carbocycles. The molecule has 8 heteroatoms. The number of benzene rings is 1. The predicted molar refractivity (Wildman–Crippen MR) is 80.3 cm³/mol. The SMILES string of the molecule is N=C(N)c1nc(Cc2c(F)ccc(F)c2F)n2cc(Cl)ccc12. The summed E-state index contributed by atoms with van der Waals surface area (Å²) in [7, 11) is 0. The third-order valence-corrected chi connectivity index (χ3v) is 3.63. The molecule has 0 spiro atoms. The van der Waals surface area contributed by atoms with Crippen molar-refractivity contribution in [3.63, 3.8) is 0 Å². The van der Waals surface area contributed by atoms with Crippen molar-refractivity contribution in [2.24, 2.45) is 5.73 Å². The van der Waals surface area contributed by atoms with Crippen molar-refractivity contribution >= 4 is 23.0 Å². The first-order valence-electron chi connectivity index (χ1n) is 6.51. The summed E-state index contributed by atoms with van der Waals surface area (Å²) in [6.07, 6.45) is 1.17. The molecule has 0 saturated heterocycles. The number of nitrogens with zero attached hydrogens (tertiary/aromatic N) is 2. The molecule has 0 unspecified atom stereocenters. The molecule has 0 aliphatic heterocycles. The van der Waals surface area contributed by atoms with Gasteiger partial charge in [-0.2, -0.15) is 0 Å². The van der Waals surface area contributed by atoms with E-state index in [0.29, 0.717) is 10.5 Å². The lowest BCUT2D eigenvalue weighted by Gasteiger charge is -2.06. The van der Waals surface area contributed by atoms with Gasteiger partial charge in [0.15, 0.2) is 11.6 Å². The smallest absolute Gasteiger partial charge is 0.165 e. The Morgan fingerprint density at radius 2 is 1.87 bits per heavy atom. The number of nitrogens with one attached hydrogen (secondary N) is 1. The van der Waals surface area contributed by atoms with Crippen LogP contribution in [0, 0.1) is 22.9 Å².